The molecule has 0 radical (unpaired) electrons. The molecule has 0 aliphatic rings. The van der Waals surface area contributed by atoms with Crippen molar-refractivity contribution in [2.24, 2.45) is 0 Å². The van der Waals surface area contributed by atoms with Gasteiger partial charge in [-0.1, -0.05) is 42.5 Å². The highest BCUT2D eigenvalue weighted by atomic mass is 16.5. The van der Waals surface area contributed by atoms with E-state index < -0.39 is 0 Å². The molecule has 2 rings (SSSR count). The fraction of sp³-hybridized carbons (Fsp3) is 0.278. The van der Waals surface area contributed by atoms with Crippen LogP contribution in [0.5, 0.6) is 5.75 Å². The minimum absolute atomic E-state index is 0.0905. The summed E-state index contributed by atoms with van der Waals surface area (Å²) in [6.07, 6.45) is 0. The molecule has 0 aliphatic carbocycles. The van der Waals surface area contributed by atoms with E-state index in [1.54, 1.807) is 7.11 Å². The zero-order chi connectivity index (χ0) is 15.9. The van der Waals surface area contributed by atoms with Gasteiger partial charge in [0.1, 0.15) is 5.75 Å². The van der Waals surface area contributed by atoms with Gasteiger partial charge in [-0.2, -0.15) is 0 Å². The number of methoxy groups -OCH3 is 1. The van der Waals surface area contributed by atoms with E-state index in [4.69, 9.17) is 4.74 Å². The van der Waals surface area contributed by atoms with Crippen molar-refractivity contribution in [1.82, 2.24) is 5.32 Å². The summed E-state index contributed by atoms with van der Waals surface area (Å²) >= 11 is 0. The number of benzene rings is 2. The molecule has 2 atom stereocenters. The minimum atomic E-state index is -0.319. The molecule has 0 aliphatic heterocycles. The average Bonchev–Trinajstić information content (AvgIpc) is 2.56. The second-order valence-corrected chi connectivity index (χ2v) is 5.21. The first-order chi connectivity index (χ1) is 10.6. The van der Waals surface area contributed by atoms with Crippen molar-refractivity contribution in [2.45, 2.75) is 25.9 Å². The molecule has 2 N–H and O–H groups in total. The first-order valence-electron chi connectivity index (χ1n) is 7.36. The fourth-order valence-electron chi connectivity index (χ4n) is 2.28. The zero-order valence-electron chi connectivity index (χ0n) is 13.2. The van der Waals surface area contributed by atoms with E-state index in [0.29, 0.717) is 11.4 Å². The largest absolute Gasteiger partial charge is 0.495 e. The Kier molecular flexibility index (Phi) is 5.55. The molecular weight excluding hydrogens is 276 g/mol. The summed E-state index contributed by atoms with van der Waals surface area (Å²) in [6.45, 7) is 3.90. The summed E-state index contributed by atoms with van der Waals surface area (Å²) in [7, 11) is 1.59. The number of hydrogen-bond acceptors (Lipinski definition) is 3. The van der Waals surface area contributed by atoms with E-state index in [-0.39, 0.29) is 18.0 Å². The van der Waals surface area contributed by atoms with Crippen molar-refractivity contribution in [3.8, 4) is 5.75 Å². The van der Waals surface area contributed by atoms with Crippen molar-refractivity contribution in [3.63, 3.8) is 0 Å². The average molecular weight is 298 g/mol. The van der Waals surface area contributed by atoms with Crippen LogP contribution in [0.15, 0.2) is 54.6 Å². The van der Waals surface area contributed by atoms with Crippen molar-refractivity contribution < 1.29 is 9.53 Å². The van der Waals surface area contributed by atoms with Gasteiger partial charge in [0.2, 0.25) is 5.91 Å². The van der Waals surface area contributed by atoms with Crippen molar-refractivity contribution >= 4 is 11.6 Å². The third-order valence-electron chi connectivity index (χ3n) is 3.56. The van der Waals surface area contributed by atoms with Crippen molar-refractivity contribution in [2.75, 3.05) is 12.4 Å². The summed E-state index contributed by atoms with van der Waals surface area (Å²) in [4.78, 5) is 12.3. The number of nitrogens with one attached hydrogen (secondary N) is 2. The van der Waals surface area contributed by atoms with Crippen LogP contribution in [0, 0.1) is 0 Å². The molecule has 0 aromatic heterocycles. The van der Waals surface area contributed by atoms with Crippen LogP contribution in [0.2, 0.25) is 0 Å². The Morgan fingerprint density at radius 1 is 1.00 bits per heavy atom. The summed E-state index contributed by atoms with van der Waals surface area (Å²) in [5.41, 5.74) is 1.83. The van der Waals surface area contributed by atoms with Crippen molar-refractivity contribution in [1.29, 1.82) is 0 Å². The third kappa shape index (κ3) is 4.09. The second-order valence-electron chi connectivity index (χ2n) is 5.21. The van der Waals surface area contributed by atoms with Crippen LogP contribution in [0.4, 0.5) is 5.69 Å². The number of ether oxygens (including phenoxy) is 1. The highest BCUT2D eigenvalue weighted by molar-refractivity contribution is 5.95. The molecule has 2 unspecified atom stereocenters. The van der Waals surface area contributed by atoms with E-state index in [0.717, 1.165) is 5.56 Å². The number of carbonyl (C=O) groups excluding carboxylic acids is 1. The van der Waals surface area contributed by atoms with Gasteiger partial charge in [-0.3, -0.25) is 10.1 Å². The van der Waals surface area contributed by atoms with Gasteiger partial charge in [0.25, 0.3) is 0 Å². The van der Waals surface area contributed by atoms with Gasteiger partial charge < -0.3 is 10.1 Å². The van der Waals surface area contributed by atoms with Gasteiger partial charge in [-0.25, -0.2) is 0 Å². The number of amides is 1. The van der Waals surface area contributed by atoms with Gasteiger partial charge >= 0.3 is 0 Å². The molecule has 0 saturated carbocycles. The van der Waals surface area contributed by atoms with Crippen molar-refractivity contribution in [3.05, 3.63) is 60.2 Å². The normalized spacial score (nSPS) is 13.2. The van der Waals surface area contributed by atoms with Gasteiger partial charge in [0.15, 0.2) is 0 Å². The Labute approximate surface area is 131 Å². The first kappa shape index (κ1) is 16.0. The molecule has 2 aromatic rings. The molecule has 116 valence electrons. The van der Waals surface area contributed by atoms with Crippen LogP contribution in [0.3, 0.4) is 0 Å². The fourth-order valence-corrected chi connectivity index (χ4v) is 2.28. The van der Waals surface area contributed by atoms with Gasteiger partial charge in [-0.05, 0) is 31.5 Å². The maximum Gasteiger partial charge on any atom is 0.241 e. The Morgan fingerprint density at radius 2 is 1.64 bits per heavy atom. The third-order valence-corrected chi connectivity index (χ3v) is 3.56. The second kappa shape index (κ2) is 7.61. The summed E-state index contributed by atoms with van der Waals surface area (Å²) in [6, 6.07) is 17.2. The topological polar surface area (TPSA) is 50.4 Å². The lowest BCUT2D eigenvalue weighted by Gasteiger charge is -2.20. The minimum Gasteiger partial charge on any atom is -0.495 e. The van der Waals surface area contributed by atoms with Crippen LogP contribution >= 0.6 is 0 Å². The van der Waals surface area contributed by atoms with Crippen LogP contribution in [-0.2, 0) is 4.79 Å². The number of anilines is 1. The molecule has 22 heavy (non-hydrogen) atoms. The molecule has 0 spiro atoms. The number of rotatable bonds is 6. The molecule has 4 heteroatoms. The smallest absolute Gasteiger partial charge is 0.241 e. The molecule has 0 saturated heterocycles. The van der Waals surface area contributed by atoms with Gasteiger partial charge in [-0.15, -0.1) is 0 Å². The van der Waals surface area contributed by atoms with Crippen LogP contribution < -0.4 is 15.4 Å². The van der Waals surface area contributed by atoms with Gasteiger partial charge in [0, 0.05) is 6.04 Å². The van der Waals surface area contributed by atoms with Crippen LogP contribution in [0.25, 0.3) is 0 Å². The first-order valence-corrected chi connectivity index (χ1v) is 7.36. The van der Waals surface area contributed by atoms with E-state index in [1.807, 2.05) is 68.4 Å². The van der Waals surface area contributed by atoms with Gasteiger partial charge in [0.05, 0.1) is 18.8 Å². The lowest BCUT2D eigenvalue weighted by Crippen LogP contribution is -2.39. The van der Waals surface area contributed by atoms with E-state index in [2.05, 4.69) is 10.6 Å². The van der Waals surface area contributed by atoms with E-state index in [1.165, 1.54) is 0 Å². The Morgan fingerprint density at radius 3 is 2.32 bits per heavy atom. The lowest BCUT2D eigenvalue weighted by atomic mass is 10.1. The summed E-state index contributed by atoms with van der Waals surface area (Å²) < 4.78 is 5.24. The SMILES string of the molecule is COc1ccccc1NC(=O)C(C)NC(C)c1ccccc1. The number of para-hydroxylation sites is 2. The molecule has 0 fully saturated rings. The van der Waals surface area contributed by atoms with Crippen LogP contribution in [0.1, 0.15) is 25.5 Å². The lowest BCUT2D eigenvalue weighted by molar-refractivity contribution is -0.117. The predicted molar refractivity (Wildman–Crippen MR) is 89.1 cm³/mol. The molecule has 0 heterocycles. The molecule has 4 nitrogen and oxygen atoms in total. The van der Waals surface area contributed by atoms with E-state index in [9.17, 15) is 4.79 Å². The molecule has 0 bridgehead atoms. The number of carbonyl (C=O) groups is 1. The van der Waals surface area contributed by atoms with Crippen LogP contribution in [-0.4, -0.2) is 19.1 Å². The summed E-state index contributed by atoms with van der Waals surface area (Å²) in [5.74, 6) is 0.562. The highest BCUT2D eigenvalue weighted by Crippen LogP contribution is 2.23. The molecule has 1 amide bonds. The maximum atomic E-state index is 12.3. The Balaban J connectivity index is 1.97. The Bertz CT molecular complexity index is 613. The molecular formula is C18H22N2O2. The van der Waals surface area contributed by atoms with E-state index >= 15 is 0 Å². The molecule has 2 aromatic carbocycles. The quantitative estimate of drug-likeness (QED) is 0.859. The summed E-state index contributed by atoms with van der Waals surface area (Å²) in [5, 5.41) is 6.19. The maximum absolute atomic E-state index is 12.3. The standard InChI is InChI=1S/C18H22N2O2/c1-13(15-9-5-4-6-10-15)19-14(2)18(21)20-16-11-7-8-12-17(16)22-3/h4-14,19H,1-3H3,(H,20,21). The zero-order valence-corrected chi connectivity index (χ0v) is 13.2. The Hall–Kier alpha value is -2.33. The predicted octanol–water partition coefficient (Wildman–Crippen LogP) is 3.37. The highest BCUT2D eigenvalue weighted by Gasteiger charge is 2.17. The monoisotopic (exact) mass is 298 g/mol. The number of hydrogen-bond donors (Lipinski definition) is 2.